The Bertz CT molecular complexity index is 426. The third-order valence-electron chi connectivity index (χ3n) is 3.56. The molecule has 3 heteroatoms. The van der Waals surface area contributed by atoms with E-state index in [1.54, 1.807) is 6.07 Å². The third kappa shape index (κ3) is 4.87. The highest BCUT2D eigenvalue weighted by Crippen LogP contribution is 2.23. The van der Waals surface area contributed by atoms with E-state index in [4.69, 9.17) is 9.47 Å². The maximum atomic E-state index is 11.7. The number of aryl methyl sites for hydroxylation is 1. The molecule has 0 aliphatic heterocycles. The molecule has 1 unspecified atom stereocenters. The van der Waals surface area contributed by atoms with Crippen molar-refractivity contribution in [3.05, 3.63) is 29.3 Å². The summed E-state index contributed by atoms with van der Waals surface area (Å²) in [7, 11) is 1.39. The highest BCUT2D eigenvalue weighted by Gasteiger charge is 2.15. The van der Waals surface area contributed by atoms with Crippen molar-refractivity contribution >= 4 is 5.97 Å². The van der Waals surface area contributed by atoms with Crippen LogP contribution in [0.2, 0.25) is 0 Å². The summed E-state index contributed by atoms with van der Waals surface area (Å²) in [6, 6.07) is 5.57. The lowest BCUT2D eigenvalue weighted by atomic mass is 10.0. The normalized spacial score (nSPS) is 12.0. The molecule has 0 saturated carbocycles. The van der Waals surface area contributed by atoms with Crippen molar-refractivity contribution in [1.82, 2.24) is 0 Å². The van der Waals surface area contributed by atoms with E-state index < -0.39 is 0 Å². The lowest BCUT2D eigenvalue weighted by Gasteiger charge is -2.17. The van der Waals surface area contributed by atoms with Crippen molar-refractivity contribution in [2.75, 3.05) is 13.7 Å². The molecule has 0 fully saturated rings. The van der Waals surface area contributed by atoms with Crippen molar-refractivity contribution in [2.24, 2.45) is 5.92 Å². The minimum atomic E-state index is -0.346. The van der Waals surface area contributed by atoms with Gasteiger partial charge in [-0.2, -0.15) is 0 Å². The van der Waals surface area contributed by atoms with Crippen LogP contribution >= 0.6 is 0 Å². The second kappa shape index (κ2) is 8.62. The lowest BCUT2D eigenvalue weighted by Crippen LogP contribution is -2.13. The topological polar surface area (TPSA) is 35.5 Å². The Morgan fingerprint density at radius 2 is 2.05 bits per heavy atom. The van der Waals surface area contributed by atoms with E-state index in [1.807, 2.05) is 19.1 Å². The molecular formula is C17H26O3. The van der Waals surface area contributed by atoms with Crippen LogP contribution in [0.15, 0.2) is 18.2 Å². The monoisotopic (exact) mass is 278 g/mol. The van der Waals surface area contributed by atoms with E-state index in [1.165, 1.54) is 26.4 Å². The van der Waals surface area contributed by atoms with Crippen molar-refractivity contribution in [1.29, 1.82) is 0 Å². The van der Waals surface area contributed by atoms with Gasteiger partial charge >= 0.3 is 5.97 Å². The van der Waals surface area contributed by atoms with Gasteiger partial charge in [-0.1, -0.05) is 39.2 Å². The molecule has 1 rings (SSSR count). The van der Waals surface area contributed by atoms with Crippen LogP contribution < -0.4 is 4.74 Å². The number of hydrogen-bond acceptors (Lipinski definition) is 3. The first-order valence-electron chi connectivity index (χ1n) is 7.44. The molecular weight excluding hydrogens is 252 g/mol. The summed E-state index contributed by atoms with van der Waals surface area (Å²) in [5, 5.41) is 0. The molecule has 0 bridgehead atoms. The second-order valence-electron chi connectivity index (χ2n) is 5.22. The molecule has 0 aliphatic carbocycles. The summed E-state index contributed by atoms with van der Waals surface area (Å²) < 4.78 is 10.7. The largest absolute Gasteiger partial charge is 0.492 e. The highest BCUT2D eigenvalue weighted by atomic mass is 16.5. The van der Waals surface area contributed by atoms with Crippen LogP contribution in [0.25, 0.3) is 0 Å². The number of hydrogen-bond donors (Lipinski definition) is 0. The summed E-state index contributed by atoms with van der Waals surface area (Å²) in [5.74, 6) is 0.828. The molecule has 0 saturated heterocycles. The molecule has 0 N–H and O–H groups in total. The zero-order chi connectivity index (χ0) is 15.0. The van der Waals surface area contributed by atoms with Crippen molar-refractivity contribution < 1.29 is 14.3 Å². The predicted molar refractivity (Wildman–Crippen MR) is 81.3 cm³/mol. The number of benzene rings is 1. The zero-order valence-corrected chi connectivity index (χ0v) is 13.1. The maximum absolute atomic E-state index is 11.7. The number of ether oxygens (including phenoxy) is 2. The molecule has 0 aromatic heterocycles. The Labute approximate surface area is 122 Å². The quantitative estimate of drug-likeness (QED) is 0.662. The van der Waals surface area contributed by atoms with Crippen molar-refractivity contribution in [3.63, 3.8) is 0 Å². The Kier molecular flexibility index (Phi) is 7.13. The van der Waals surface area contributed by atoms with Crippen LogP contribution in [0.1, 0.15) is 55.5 Å². The van der Waals surface area contributed by atoms with Gasteiger partial charge in [0.1, 0.15) is 11.3 Å². The van der Waals surface area contributed by atoms with E-state index in [9.17, 15) is 4.79 Å². The van der Waals surface area contributed by atoms with Crippen LogP contribution in [-0.4, -0.2) is 19.7 Å². The first-order valence-corrected chi connectivity index (χ1v) is 7.44. The first kappa shape index (κ1) is 16.5. The molecule has 20 heavy (non-hydrogen) atoms. The average molecular weight is 278 g/mol. The number of methoxy groups -OCH3 is 1. The van der Waals surface area contributed by atoms with Crippen molar-refractivity contribution in [3.8, 4) is 5.75 Å². The van der Waals surface area contributed by atoms with Gasteiger partial charge < -0.3 is 9.47 Å². The van der Waals surface area contributed by atoms with Gasteiger partial charge in [-0.15, -0.1) is 0 Å². The maximum Gasteiger partial charge on any atom is 0.341 e. The summed E-state index contributed by atoms with van der Waals surface area (Å²) in [5.41, 5.74) is 1.58. The fourth-order valence-electron chi connectivity index (χ4n) is 2.13. The summed E-state index contributed by atoms with van der Waals surface area (Å²) >= 11 is 0. The molecule has 0 spiro atoms. The molecule has 0 aliphatic rings. The fourth-order valence-corrected chi connectivity index (χ4v) is 2.13. The van der Waals surface area contributed by atoms with Gasteiger partial charge in [-0.25, -0.2) is 4.79 Å². The second-order valence-corrected chi connectivity index (χ2v) is 5.22. The number of unbranched alkanes of at least 4 members (excludes halogenated alkanes) is 1. The van der Waals surface area contributed by atoms with Gasteiger partial charge in [-0.3, -0.25) is 0 Å². The standard InChI is InChI=1S/C17H26O3/c1-5-7-8-14(6-2)12-20-16-11-13(3)9-10-15(16)17(18)19-4/h9-11,14H,5-8,12H2,1-4H3. The lowest BCUT2D eigenvalue weighted by molar-refractivity contribution is 0.0595. The zero-order valence-electron chi connectivity index (χ0n) is 13.1. The Morgan fingerprint density at radius 1 is 1.30 bits per heavy atom. The highest BCUT2D eigenvalue weighted by molar-refractivity contribution is 5.92. The Balaban J connectivity index is 2.74. The third-order valence-corrected chi connectivity index (χ3v) is 3.56. The summed E-state index contributed by atoms with van der Waals surface area (Å²) in [6.45, 7) is 7.02. The number of esters is 1. The number of carbonyl (C=O) groups excluding carboxylic acids is 1. The SMILES string of the molecule is CCCCC(CC)COc1cc(C)ccc1C(=O)OC. The van der Waals surface area contributed by atoms with Gasteiger partial charge in [-0.05, 0) is 37.0 Å². The molecule has 0 amide bonds. The van der Waals surface area contributed by atoms with E-state index in [0.717, 1.165) is 12.0 Å². The predicted octanol–water partition coefficient (Wildman–Crippen LogP) is 4.38. The Hall–Kier alpha value is -1.51. The van der Waals surface area contributed by atoms with Gasteiger partial charge in [0.05, 0.1) is 13.7 Å². The summed E-state index contributed by atoms with van der Waals surface area (Å²) in [4.78, 5) is 11.7. The minimum Gasteiger partial charge on any atom is -0.492 e. The molecule has 112 valence electrons. The van der Waals surface area contributed by atoms with Crippen LogP contribution in [0, 0.1) is 12.8 Å². The smallest absolute Gasteiger partial charge is 0.341 e. The molecule has 3 nitrogen and oxygen atoms in total. The van der Waals surface area contributed by atoms with E-state index in [2.05, 4.69) is 13.8 Å². The van der Waals surface area contributed by atoms with Gasteiger partial charge in [0.15, 0.2) is 0 Å². The fraction of sp³-hybridized carbons (Fsp3) is 0.588. The molecule has 0 radical (unpaired) electrons. The van der Waals surface area contributed by atoms with Crippen molar-refractivity contribution in [2.45, 2.75) is 46.5 Å². The molecule has 1 atom stereocenters. The van der Waals surface area contributed by atoms with Crippen LogP contribution in [0.4, 0.5) is 0 Å². The van der Waals surface area contributed by atoms with E-state index in [0.29, 0.717) is 23.8 Å². The minimum absolute atomic E-state index is 0.346. The van der Waals surface area contributed by atoms with Crippen LogP contribution in [-0.2, 0) is 4.74 Å². The molecule has 1 aromatic rings. The van der Waals surface area contributed by atoms with Gasteiger partial charge in [0.2, 0.25) is 0 Å². The van der Waals surface area contributed by atoms with E-state index in [-0.39, 0.29) is 5.97 Å². The number of carbonyl (C=O) groups is 1. The Morgan fingerprint density at radius 3 is 2.65 bits per heavy atom. The van der Waals surface area contributed by atoms with E-state index >= 15 is 0 Å². The molecule has 0 heterocycles. The van der Waals surface area contributed by atoms with Gasteiger partial charge in [0.25, 0.3) is 0 Å². The molecule has 1 aromatic carbocycles. The van der Waals surface area contributed by atoms with Gasteiger partial charge in [0, 0.05) is 0 Å². The average Bonchev–Trinajstić information content (AvgIpc) is 2.47. The van der Waals surface area contributed by atoms with Crippen LogP contribution in [0.5, 0.6) is 5.75 Å². The first-order chi connectivity index (χ1) is 9.62. The van der Waals surface area contributed by atoms with Crippen LogP contribution in [0.3, 0.4) is 0 Å². The summed E-state index contributed by atoms with van der Waals surface area (Å²) in [6.07, 6.45) is 4.69. The number of rotatable bonds is 8.